The van der Waals surface area contributed by atoms with Crippen molar-refractivity contribution < 1.29 is 5.11 Å². The molecule has 0 aliphatic rings. The summed E-state index contributed by atoms with van der Waals surface area (Å²) in [5.41, 5.74) is 1.02. The maximum atomic E-state index is 9.22. The van der Waals surface area contributed by atoms with E-state index in [4.69, 9.17) is 0 Å². The van der Waals surface area contributed by atoms with Crippen LogP contribution in [0, 0.1) is 0 Å². The van der Waals surface area contributed by atoms with Gasteiger partial charge >= 0.3 is 0 Å². The van der Waals surface area contributed by atoms with Crippen LogP contribution in [0.5, 0.6) is 0 Å². The van der Waals surface area contributed by atoms with Crippen LogP contribution in [-0.4, -0.2) is 22.7 Å². The monoisotopic (exact) mass is 244 g/mol. The Kier molecular flexibility index (Phi) is 4.28. The highest BCUT2D eigenvalue weighted by Crippen LogP contribution is 2.24. The molecule has 0 aliphatic carbocycles. The molecule has 0 amide bonds. The predicted octanol–water partition coefficient (Wildman–Crippen LogP) is 2.66. The molecular formula is C15H20N2O. The van der Waals surface area contributed by atoms with Gasteiger partial charge in [0.05, 0.1) is 11.7 Å². The molecule has 3 nitrogen and oxygen atoms in total. The average molecular weight is 244 g/mol. The number of hydrogen-bond donors (Lipinski definition) is 2. The summed E-state index contributed by atoms with van der Waals surface area (Å²) < 4.78 is 0. The fourth-order valence-corrected chi connectivity index (χ4v) is 2.25. The van der Waals surface area contributed by atoms with E-state index in [9.17, 15) is 5.11 Å². The van der Waals surface area contributed by atoms with Gasteiger partial charge in [0, 0.05) is 24.2 Å². The summed E-state index contributed by atoms with van der Waals surface area (Å²) in [6.07, 6.45) is 2.52. The Balaban J connectivity index is 2.43. The molecule has 1 aromatic heterocycles. The summed E-state index contributed by atoms with van der Waals surface area (Å²) in [4.78, 5) is 4.51. The van der Waals surface area contributed by atoms with E-state index < -0.39 is 0 Å². The lowest BCUT2D eigenvalue weighted by atomic mass is 10.0. The van der Waals surface area contributed by atoms with Crippen LogP contribution in [0.1, 0.15) is 32.0 Å². The van der Waals surface area contributed by atoms with Crippen LogP contribution in [-0.2, 0) is 0 Å². The summed E-state index contributed by atoms with van der Waals surface area (Å²) in [6.45, 7) is 4.38. The van der Waals surface area contributed by atoms with Crippen molar-refractivity contribution in [1.82, 2.24) is 10.3 Å². The number of fused-ring (bicyclic) bond motifs is 1. The number of rotatable bonds is 5. The average Bonchev–Trinajstić information content (AvgIpc) is 2.37. The molecule has 0 aliphatic heterocycles. The van der Waals surface area contributed by atoms with Gasteiger partial charge in [-0.2, -0.15) is 0 Å². The highest BCUT2D eigenvalue weighted by atomic mass is 16.3. The predicted molar refractivity (Wildman–Crippen MR) is 74.5 cm³/mol. The molecule has 3 heteroatoms. The number of benzene rings is 1. The van der Waals surface area contributed by atoms with E-state index in [-0.39, 0.29) is 12.6 Å². The minimum Gasteiger partial charge on any atom is -0.396 e. The van der Waals surface area contributed by atoms with Gasteiger partial charge in [-0.1, -0.05) is 38.1 Å². The van der Waals surface area contributed by atoms with Crippen LogP contribution < -0.4 is 5.32 Å². The third-order valence-electron chi connectivity index (χ3n) is 2.99. The first kappa shape index (κ1) is 13.0. The van der Waals surface area contributed by atoms with Gasteiger partial charge in [-0.3, -0.25) is 4.98 Å². The molecule has 1 heterocycles. The Morgan fingerprint density at radius 1 is 1.22 bits per heavy atom. The minimum absolute atomic E-state index is 0.0982. The summed E-state index contributed by atoms with van der Waals surface area (Å²) in [5, 5.41) is 15.0. The topological polar surface area (TPSA) is 45.1 Å². The van der Waals surface area contributed by atoms with E-state index in [0.717, 1.165) is 11.1 Å². The second kappa shape index (κ2) is 5.94. The van der Waals surface area contributed by atoms with Gasteiger partial charge in [0.1, 0.15) is 0 Å². The van der Waals surface area contributed by atoms with Crippen LogP contribution in [0.3, 0.4) is 0 Å². The molecule has 1 aromatic carbocycles. The molecule has 0 fully saturated rings. The molecule has 0 bridgehead atoms. The largest absolute Gasteiger partial charge is 0.396 e. The molecule has 0 saturated heterocycles. The smallest absolute Gasteiger partial charge is 0.0652 e. The first-order valence-electron chi connectivity index (χ1n) is 6.43. The fraction of sp³-hybridized carbons (Fsp3) is 0.400. The van der Waals surface area contributed by atoms with Gasteiger partial charge < -0.3 is 10.4 Å². The molecule has 2 N–H and O–H groups in total. The van der Waals surface area contributed by atoms with E-state index in [1.54, 1.807) is 0 Å². The highest BCUT2D eigenvalue weighted by molar-refractivity contribution is 5.84. The van der Waals surface area contributed by atoms with Crippen LogP contribution in [0.25, 0.3) is 10.8 Å². The van der Waals surface area contributed by atoms with Crippen LogP contribution in [0.2, 0.25) is 0 Å². The molecule has 0 radical (unpaired) electrons. The van der Waals surface area contributed by atoms with Crippen molar-refractivity contribution in [3.8, 4) is 0 Å². The van der Waals surface area contributed by atoms with Crippen molar-refractivity contribution in [2.24, 2.45) is 0 Å². The van der Waals surface area contributed by atoms with Crippen molar-refractivity contribution in [3.05, 3.63) is 42.2 Å². The number of aliphatic hydroxyl groups is 1. The number of aliphatic hydroxyl groups excluding tert-OH is 1. The van der Waals surface area contributed by atoms with Crippen molar-refractivity contribution >= 4 is 10.8 Å². The zero-order chi connectivity index (χ0) is 13.0. The van der Waals surface area contributed by atoms with Gasteiger partial charge in [0.25, 0.3) is 0 Å². The van der Waals surface area contributed by atoms with Gasteiger partial charge in [-0.05, 0) is 17.9 Å². The van der Waals surface area contributed by atoms with Crippen molar-refractivity contribution in [3.63, 3.8) is 0 Å². The van der Waals surface area contributed by atoms with Gasteiger partial charge in [0.15, 0.2) is 0 Å². The number of aromatic nitrogens is 1. The lowest BCUT2D eigenvalue weighted by Gasteiger charge is -2.21. The number of nitrogens with zero attached hydrogens (tertiary/aromatic N) is 1. The first-order valence-corrected chi connectivity index (χ1v) is 6.43. The third-order valence-corrected chi connectivity index (χ3v) is 2.99. The van der Waals surface area contributed by atoms with Gasteiger partial charge in [-0.15, -0.1) is 0 Å². The van der Waals surface area contributed by atoms with Crippen molar-refractivity contribution in [1.29, 1.82) is 0 Å². The Morgan fingerprint density at radius 2 is 2.00 bits per heavy atom. The summed E-state index contributed by atoms with van der Waals surface area (Å²) in [7, 11) is 0. The second-order valence-corrected chi connectivity index (χ2v) is 4.80. The fourth-order valence-electron chi connectivity index (χ4n) is 2.25. The number of hydrogen-bond acceptors (Lipinski definition) is 3. The molecule has 0 saturated carbocycles. The maximum absolute atomic E-state index is 9.22. The zero-order valence-corrected chi connectivity index (χ0v) is 10.9. The number of nitrogens with one attached hydrogen (secondary N) is 1. The molecule has 2 aromatic rings. The Bertz CT molecular complexity index is 505. The minimum atomic E-state index is 0.0982. The van der Waals surface area contributed by atoms with Crippen LogP contribution in [0.4, 0.5) is 0 Å². The van der Waals surface area contributed by atoms with E-state index in [0.29, 0.717) is 12.5 Å². The molecule has 1 atom stereocenters. The molecule has 2 rings (SSSR count). The lowest BCUT2D eigenvalue weighted by molar-refractivity contribution is 0.260. The summed E-state index contributed by atoms with van der Waals surface area (Å²) in [5.74, 6) is 0. The van der Waals surface area contributed by atoms with E-state index in [1.165, 1.54) is 5.39 Å². The Hall–Kier alpha value is -1.45. The normalized spacial score (nSPS) is 13.1. The molecule has 18 heavy (non-hydrogen) atoms. The molecule has 0 unspecified atom stereocenters. The lowest BCUT2D eigenvalue weighted by Crippen LogP contribution is -2.29. The maximum Gasteiger partial charge on any atom is 0.0652 e. The van der Waals surface area contributed by atoms with Crippen LogP contribution in [0.15, 0.2) is 36.5 Å². The third kappa shape index (κ3) is 2.86. The second-order valence-electron chi connectivity index (χ2n) is 4.80. The SMILES string of the molecule is CC(C)N[C@@H](CCO)c1nccc2ccccc12. The molecular weight excluding hydrogens is 224 g/mol. The van der Waals surface area contributed by atoms with Crippen molar-refractivity contribution in [2.75, 3.05) is 6.61 Å². The van der Waals surface area contributed by atoms with Crippen molar-refractivity contribution in [2.45, 2.75) is 32.4 Å². The Morgan fingerprint density at radius 3 is 2.72 bits per heavy atom. The number of pyridine rings is 1. The van der Waals surface area contributed by atoms with Gasteiger partial charge in [-0.25, -0.2) is 0 Å². The summed E-state index contributed by atoms with van der Waals surface area (Å²) in [6, 6.07) is 10.7. The van der Waals surface area contributed by atoms with Gasteiger partial charge in [0.2, 0.25) is 0 Å². The first-order chi connectivity index (χ1) is 8.72. The summed E-state index contributed by atoms with van der Waals surface area (Å²) >= 11 is 0. The molecule has 0 spiro atoms. The van der Waals surface area contributed by atoms with E-state index >= 15 is 0 Å². The molecule has 96 valence electrons. The Labute approximate surface area is 108 Å². The van der Waals surface area contributed by atoms with E-state index in [2.05, 4.69) is 36.3 Å². The zero-order valence-electron chi connectivity index (χ0n) is 10.9. The van der Waals surface area contributed by atoms with E-state index in [1.807, 2.05) is 24.4 Å². The van der Waals surface area contributed by atoms with Crippen LogP contribution >= 0.6 is 0 Å². The quantitative estimate of drug-likeness (QED) is 0.850. The standard InChI is InChI=1S/C15H20N2O/c1-11(2)17-14(8-10-18)15-13-6-4-3-5-12(13)7-9-16-15/h3-7,9,11,14,17-18H,8,10H2,1-2H3/t14-/m0/s1. The highest BCUT2D eigenvalue weighted by Gasteiger charge is 2.15.